The van der Waals surface area contributed by atoms with Gasteiger partial charge in [-0.1, -0.05) is 64.7 Å². The Labute approximate surface area is 832 Å². The van der Waals surface area contributed by atoms with E-state index in [1.165, 1.54) is 6.92 Å². The molecule has 7 N–H and O–H groups in total. The lowest BCUT2D eigenvalue weighted by atomic mass is 10.1. The average molecular weight is 2010 g/mol. The number of rotatable bonds is 16. The van der Waals surface area contributed by atoms with Gasteiger partial charge in [-0.2, -0.15) is 19.9 Å². The van der Waals surface area contributed by atoms with Gasteiger partial charge in [-0.3, -0.25) is 24.0 Å². The van der Waals surface area contributed by atoms with Gasteiger partial charge in [0.2, 0.25) is 29.7 Å². The minimum atomic E-state index is -2.79. The lowest BCUT2D eigenvalue weighted by Crippen LogP contribution is -2.39. The van der Waals surface area contributed by atoms with E-state index in [0.717, 1.165) is 45.0 Å². The molecule has 7 aromatic carbocycles. The molecule has 42 heteroatoms. The number of hydrogen-bond donors (Lipinski definition) is 7. The van der Waals surface area contributed by atoms with Crippen LogP contribution in [0.2, 0.25) is 0 Å². The number of fused-ring (bicyclic) bond motifs is 8. The van der Waals surface area contributed by atoms with Crippen LogP contribution in [0.5, 0.6) is 0 Å². The number of aliphatic hydroxyl groups is 3. The standard InChI is InChI=1S/C26H29N7O3S.C25H29N7O3S.2C25H28N6O3S/c1-17-9-10-22-21(13-17)25(35)31(4)23-15-27-26(29-24(23)30(22)3)28-19-7-6-8-20(14-19)37(5,36)33-12-11-32(16-33)18(2)34;1-16-5-6-20-19(13-16)24(34)31(3)21-15-27-25(29-23(21)30(20)2)28-22-14-18(7-10-26-22)36(4,35)32-11-8-17(33)9-12-32;2*1-16-8-9-21-20(12-16)24(33)30(3)22-14-26-25(28-23(22)29(21)2)27-17-6-5-7-19(13-17)35(4,34)31-11-10-18(32)15-31/h6-10,13-15H,5,11-12,16H2,1-4H3,(H,27,28,29);5-7,10,13-15,17,33H,4,8-9,11-12H2,1-3H3,(H,26,27,28,29);2*5-9,12-14,18,32H,4,10-11,15H2,1-3H3,(H,26,27,28)/t;;2*18-,35?/m..10/s1. The summed E-state index contributed by atoms with van der Waals surface area (Å²) in [5.74, 6) is 19.4. The fourth-order valence-electron chi connectivity index (χ4n) is 18.0. The van der Waals surface area contributed by atoms with Crippen LogP contribution < -0.4 is 60.5 Å². The van der Waals surface area contributed by atoms with Crippen molar-refractivity contribution in [2.24, 2.45) is 0 Å². The molecule has 13 heterocycles. The van der Waals surface area contributed by atoms with E-state index in [2.05, 4.69) is 69.7 Å². The Bertz CT molecular complexity index is 7350. The van der Waals surface area contributed by atoms with Crippen LogP contribution >= 0.6 is 0 Å². The molecular weight excluding hydrogens is 1900 g/mol. The van der Waals surface area contributed by atoms with E-state index >= 15 is 0 Å². The molecule has 0 aliphatic carbocycles. The van der Waals surface area contributed by atoms with Crippen molar-refractivity contribution in [1.29, 1.82) is 0 Å². The van der Waals surface area contributed by atoms with E-state index in [1.807, 2.05) is 171 Å². The minimum Gasteiger partial charge on any atom is -0.393 e. The van der Waals surface area contributed by atoms with Crippen molar-refractivity contribution in [2.75, 3.05) is 176 Å². The summed E-state index contributed by atoms with van der Waals surface area (Å²) in [7, 11) is 3.36. The van der Waals surface area contributed by atoms with Crippen LogP contribution in [-0.4, -0.2) is 286 Å². The monoisotopic (exact) mass is 2010 g/mol. The Balaban J connectivity index is 0.000000131. The molecular formula is C101H114N26O12S4. The lowest BCUT2D eigenvalue weighted by molar-refractivity contribution is -0.128. The maximum Gasteiger partial charge on any atom is 0.260 e. The van der Waals surface area contributed by atoms with Crippen LogP contribution in [0.25, 0.3) is 0 Å². The summed E-state index contributed by atoms with van der Waals surface area (Å²) in [6.07, 6.45) is 9.01. The smallest absolute Gasteiger partial charge is 0.260 e. The van der Waals surface area contributed by atoms with Crippen molar-refractivity contribution in [3.05, 3.63) is 233 Å². The van der Waals surface area contributed by atoms with E-state index < -0.39 is 51.0 Å². The molecule has 5 aromatic heterocycles. The zero-order valence-corrected chi connectivity index (χ0v) is 84.9. The number of aryl methyl sites for hydroxylation is 4. The third-order valence-corrected chi connectivity index (χ3v) is 35.0. The third kappa shape index (κ3) is 20.3. The van der Waals surface area contributed by atoms with E-state index in [4.69, 9.17) is 19.9 Å². The molecule has 20 rings (SSSR count). The minimum absolute atomic E-state index is 0.0523. The van der Waals surface area contributed by atoms with Crippen molar-refractivity contribution in [3.63, 3.8) is 0 Å². The molecule has 0 radical (unpaired) electrons. The first-order valence-electron chi connectivity index (χ1n) is 46.1. The van der Waals surface area contributed by atoms with Crippen molar-refractivity contribution < 1.29 is 56.1 Å². The van der Waals surface area contributed by atoms with Crippen LogP contribution in [0.1, 0.15) is 96.3 Å². The van der Waals surface area contributed by atoms with Gasteiger partial charge in [-0.05, 0) is 192 Å². The van der Waals surface area contributed by atoms with E-state index in [-0.39, 0.29) is 42.3 Å². The number of aliphatic hydroxyl groups excluding tert-OH is 3. The summed E-state index contributed by atoms with van der Waals surface area (Å²) in [4.78, 5) is 123. The number of benzene rings is 7. The summed E-state index contributed by atoms with van der Waals surface area (Å²) in [6, 6.07) is 47.9. The number of anilines is 20. The summed E-state index contributed by atoms with van der Waals surface area (Å²) in [5, 5.41) is 42.2. The number of carbonyl (C=O) groups excluding carboxylic acids is 5. The molecule has 0 saturated carbocycles. The number of nitrogens with zero attached hydrogens (tertiary/aromatic N) is 22. The van der Waals surface area contributed by atoms with Gasteiger partial charge in [-0.15, -0.1) is 0 Å². The molecule has 744 valence electrons. The normalized spacial score (nSPS) is 18.7. The second-order valence-electron chi connectivity index (χ2n) is 36.4. The Morgan fingerprint density at radius 1 is 0.336 bits per heavy atom. The van der Waals surface area contributed by atoms with E-state index in [9.17, 15) is 56.1 Å². The summed E-state index contributed by atoms with van der Waals surface area (Å²) in [6.45, 7) is 13.4. The molecule has 143 heavy (non-hydrogen) atoms. The first-order chi connectivity index (χ1) is 68.0. The fraction of sp³-hybridized carbons (Fsp3) is 0.287. The highest BCUT2D eigenvalue weighted by molar-refractivity contribution is 7.99. The number of nitrogens with one attached hydrogen (secondary N) is 4. The molecule has 4 unspecified atom stereocenters. The Morgan fingerprint density at radius 2 is 0.629 bits per heavy atom. The average Bonchev–Trinajstić information content (AvgIpc) is 1.49. The topological polar surface area (TPSA) is 421 Å². The number of β-amino-alcohol motifs (C(OH)–C–C–N with tert-alkyl or cyclic N) is 2. The predicted octanol–water partition coefficient (Wildman–Crippen LogP) is 11.6. The number of pyridine rings is 1. The SMILES string of the molecule is C=S(=O)(c1cccc(Nc2ncc3c(n2)N(C)c2ccc(C)cc2C(=O)N3C)c1)N1CCN(C(C)=O)C1.C=S(=O)(c1cccc(Nc2ncc3c(n2)N(C)c2ccc(C)cc2C(=O)N3C)c1)N1CC[C@@H](O)C1.C=S(=O)(c1cccc(Nc2ncc3c(n2)N(C)c2ccc(C)cc2C(=O)N3C)c1)N1CC[C@H](O)C1.C=S(=O)(c1ccnc(Nc2ncc3c(n2)N(C)c2ccc(C)cc2C(=O)N3C)c1)N1CCC(O)CC1. The lowest BCUT2D eigenvalue weighted by Gasteiger charge is -2.32. The van der Waals surface area contributed by atoms with Gasteiger partial charge >= 0.3 is 0 Å². The molecule has 8 aliphatic rings. The van der Waals surface area contributed by atoms with Gasteiger partial charge < -0.3 is 80.7 Å². The molecule has 4 fully saturated rings. The largest absolute Gasteiger partial charge is 0.393 e. The van der Waals surface area contributed by atoms with E-state index in [0.29, 0.717) is 213 Å². The van der Waals surface area contributed by atoms with Gasteiger partial charge in [0.05, 0.1) is 134 Å². The van der Waals surface area contributed by atoms with Crippen LogP contribution in [0.4, 0.5) is 115 Å². The molecule has 8 aliphatic heterocycles. The maximum absolute atomic E-state index is 13.6. The summed E-state index contributed by atoms with van der Waals surface area (Å²) < 4.78 is 61.0. The highest BCUT2D eigenvalue weighted by Crippen LogP contribution is 2.45. The molecule has 5 amide bonds. The van der Waals surface area contributed by atoms with Crippen molar-refractivity contribution >= 4 is 207 Å². The first kappa shape index (κ1) is 100. The zero-order chi connectivity index (χ0) is 102. The summed E-state index contributed by atoms with van der Waals surface area (Å²) in [5.41, 5.74) is 13.8. The van der Waals surface area contributed by atoms with Gasteiger partial charge in [0.25, 0.3) is 23.6 Å². The Hall–Kier alpha value is -14.4. The quantitative estimate of drug-likeness (QED) is 0.0442. The van der Waals surface area contributed by atoms with Crippen molar-refractivity contribution in [2.45, 2.75) is 98.2 Å². The molecule has 4 saturated heterocycles. The number of piperidine rings is 1. The number of amides is 5. The number of hydrogen-bond acceptors (Lipinski definition) is 29. The first-order valence-corrected chi connectivity index (χ1v) is 52.9. The second-order valence-corrected chi connectivity index (χ2v) is 45.4. The summed E-state index contributed by atoms with van der Waals surface area (Å²) >= 11 is 0. The fourth-order valence-corrected chi connectivity index (χ4v) is 24.7. The molecule has 0 bridgehead atoms. The van der Waals surface area contributed by atoms with Crippen molar-refractivity contribution in [3.8, 4) is 0 Å². The molecule has 6 atom stereocenters. The number of carbonyl (C=O) groups is 5. The van der Waals surface area contributed by atoms with Crippen LogP contribution in [0, 0.1) is 27.7 Å². The maximum atomic E-state index is 13.6. The Morgan fingerprint density at radius 3 is 0.937 bits per heavy atom. The molecule has 0 spiro atoms. The van der Waals surface area contributed by atoms with E-state index in [1.54, 1.807) is 163 Å². The molecule has 12 aromatic rings. The number of aromatic nitrogens is 9. The molecule has 38 nitrogen and oxygen atoms in total. The van der Waals surface area contributed by atoms with Gasteiger partial charge in [-0.25, -0.2) is 59.0 Å². The Kier molecular flexibility index (Phi) is 28.1. The second kappa shape index (κ2) is 40.2. The predicted molar refractivity (Wildman–Crippen MR) is 567 cm³/mol. The van der Waals surface area contributed by atoms with Crippen molar-refractivity contribution in [1.82, 2.24) is 67.0 Å². The van der Waals surface area contributed by atoms with Gasteiger partial charge in [0.15, 0.2) is 23.3 Å². The van der Waals surface area contributed by atoms with Crippen LogP contribution in [0.3, 0.4) is 0 Å². The van der Waals surface area contributed by atoms with Crippen LogP contribution in [0.15, 0.2) is 208 Å². The zero-order valence-electron chi connectivity index (χ0n) is 81.6. The highest BCUT2D eigenvalue weighted by atomic mass is 32.2. The van der Waals surface area contributed by atoms with Crippen LogP contribution in [-0.2, 0) is 43.6 Å². The highest BCUT2D eigenvalue weighted by Gasteiger charge is 2.38. The third-order valence-electron chi connectivity index (χ3n) is 26.4. The van der Waals surface area contributed by atoms with Gasteiger partial charge in [0, 0.05) is 159 Å². The van der Waals surface area contributed by atoms with Gasteiger partial charge in [0.1, 0.15) is 28.6 Å².